The molecule has 5 nitrogen and oxygen atoms in total. The Morgan fingerprint density at radius 3 is 2.45 bits per heavy atom. The lowest BCUT2D eigenvalue weighted by Gasteiger charge is -2.22. The summed E-state index contributed by atoms with van der Waals surface area (Å²) in [6, 6.07) is 3.88. The zero-order valence-corrected chi connectivity index (χ0v) is 15.7. The van der Waals surface area contributed by atoms with Gasteiger partial charge in [-0.1, -0.05) is 29.3 Å². The summed E-state index contributed by atoms with van der Waals surface area (Å²) in [7, 11) is 7.12. The van der Waals surface area contributed by atoms with Gasteiger partial charge in [0, 0.05) is 31.7 Å². The van der Waals surface area contributed by atoms with Crippen LogP contribution in [0.25, 0.3) is 0 Å². The molecule has 1 aromatic rings. The second kappa shape index (κ2) is 9.56. The number of benzene rings is 1. The highest BCUT2D eigenvalue weighted by atomic mass is 79.9. The normalized spacial score (nSPS) is 11.3. The van der Waals surface area contributed by atoms with Crippen LogP contribution in [0.3, 0.4) is 0 Å². The minimum absolute atomic E-state index is 0.657. The third kappa shape index (κ3) is 5.09. The Morgan fingerprint density at radius 2 is 1.91 bits per heavy atom. The number of hydrogen-bond donors (Lipinski definition) is 1. The van der Waals surface area contributed by atoms with E-state index in [9.17, 15) is 0 Å². The molecule has 0 fully saturated rings. The fourth-order valence-corrected chi connectivity index (χ4v) is 2.55. The van der Waals surface area contributed by atoms with Crippen LogP contribution in [0, 0.1) is 0 Å². The van der Waals surface area contributed by atoms with E-state index in [1.54, 1.807) is 21.3 Å². The van der Waals surface area contributed by atoms with Crippen molar-refractivity contribution in [3.8, 4) is 11.5 Å². The number of guanidine groups is 1. The van der Waals surface area contributed by atoms with Crippen molar-refractivity contribution in [2.45, 2.75) is 26.3 Å². The van der Waals surface area contributed by atoms with Gasteiger partial charge in [-0.05, 0) is 24.1 Å². The molecule has 0 saturated carbocycles. The maximum atomic E-state index is 5.35. The molecular weight excluding hydrogens is 346 g/mol. The Labute approximate surface area is 141 Å². The molecule has 6 heteroatoms. The van der Waals surface area contributed by atoms with Crippen LogP contribution in [0.2, 0.25) is 0 Å². The minimum Gasteiger partial charge on any atom is -0.493 e. The van der Waals surface area contributed by atoms with Crippen molar-refractivity contribution < 1.29 is 9.47 Å². The van der Waals surface area contributed by atoms with Gasteiger partial charge in [-0.2, -0.15) is 0 Å². The van der Waals surface area contributed by atoms with Crippen LogP contribution in [0.5, 0.6) is 11.5 Å². The van der Waals surface area contributed by atoms with E-state index in [1.807, 2.05) is 12.1 Å². The molecule has 0 aliphatic carbocycles. The quantitative estimate of drug-likeness (QED) is 0.590. The molecule has 0 radical (unpaired) electrons. The van der Waals surface area contributed by atoms with Crippen molar-refractivity contribution in [3.63, 3.8) is 0 Å². The Bertz CT molecular complexity index is 506. The summed E-state index contributed by atoms with van der Waals surface area (Å²) in [5.41, 5.74) is 1.09. The lowest BCUT2D eigenvalue weighted by molar-refractivity contribution is 0.354. The largest absolute Gasteiger partial charge is 0.493 e. The SMILES string of the molecule is CCCCN(C)C(=NC)NCc1cc(OC)c(OC)cc1Br. The van der Waals surface area contributed by atoms with Crippen LogP contribution in [-0.2, 0) is 6.54 Å². The van der Waals surface area contributed by atoms with Gasteiger partial charge >= 0.3 is 0 Å². The number of nitrogens with zero attached hydrogens (tertiary/aromatic N) is 2. The third-order valence-corrected chi connectivity index (χ3v) is 4.15. The van der Waals surface area contributed by atoms with E-state index < -0.39 is 0 Å². The van der Waals surface area contributed by atoms with Gasteiger partial charge in [0.1, 0.15) is 0 Å². The Morgan fingerprint density at radius 1 is 1.27 bits per heavy atom. The second-order valence-electron chi connectivity index (χ2n) is 4.97. The van der Waals surface area contributed by atoms with Gasteiger partial charge in [0.2, 0.25) is 0 Å². The first-order valence-electron chi connectivity index (χ1n) is 7.39. The monoisotopic (exact) mass is 371 g/mol. The van der Waals surface area contributed by atoms with E-state index >= 15 is 0 Å². The van der Waals surface area contributed by atoms with E-state index in [-0.39, 0.29) is 0 Å². The standard InChI is InChI=1S/C16H26BrN3O2/c1-6-7-8-20(3)16(18-2)19-11-12-9-14(21-4)15(22-5)10-13(12)17/h9-10H,6-8,11H2,1-5H3,(H,18,19). The van der Waals surface area contributed by atoms with Crippen LogP contribution in [0.1, 0.15) is 25.3 Å². The minimum atomic E-state index is 0.657. The zero-order valence-electron chi connectivity index (χ0n) is 14.1. The lowest BCUT2D eigenvalue weighted by Crippen LogP contribution is -2.39. The molecule has 0 spiro atoms. The summed E-state index contributed by atoms with van der Waals surface area (Å²) in [6.45, 7) is 3.83. The number of rotatable bonds is 7. The highest BCUT2D eigenvalue weighted by molar-refractivity contribution is 9.10. The number of halogens is 1. The summed E-state index contributed by atoms with van der Waals surface area (Å²) in [5, 5.41) is 3.37. The highest BCUT2D eigenvalue weighted by Crippen LogP contribution is 2.33. The van der Waals surface area contributed by atoms with Crippen LogP contribution < -0.4 is 14.8 Å². The van der Waals surface area contributed by atoms with Gasteiger partial charge in [0.25, 0.3) is 0 Å². The van der Waals surface area contributed by atoms with Crippen LogP contribution in [0.15, 0.2) is 21.6 Å². The summed E-state index contributed by atoms with van der Waals surface area (Å²) in [4.78, 5) is 6.46. The molecule has 1 rings (SSSR count). The topological polar surface area (TPSA) is 46.1 Å². The molecule has 0 aliphatic rings. The van der Waals surface area contributed by atoms with Gasteiger partial charge in [-0.15, -0.1) is 0 Å². The first-order chi connectivity index (χ1) is 10.6. The second-order valence-corrected chi connectivity index (χ2v) is 5.83. The first-order valence-corrected chi connectivity index (χ1v) is 8.18. The Balaban J connectivity index is 2.78. The highest BCUT2D eigenvalue weighted by Gasteiger charge is 2.11. The number of ether oxygens (including phenoxy) is 2. The van der Waals surface area contributed by atoms with Crippen molar-refractivity contribution in [2.24, 2.45) is 4.99 Å². The Kier molecular flexibility index (Phi) is 8.09. The molecule has 0 heterocycles. The number of methoxy groups -OCH3 is 2. The Hall–Kier alpha value is -1.43. The van der Waals surface area contributed by atoms with Crippen molar-refractivity contribution in [3.05, 3.63) is 22.2 Å². The molecule has 0 unspecified atom stereocenters. The van der Waals surface area contributed by atoms with E-state index in [2.05, 4.69) is 45.1 Å². The summed E-state index contributed by atoms with van der Waals surface area (Å²) >= 11 is 3.57. The average Bonchev–Trinajstić information content (AvgIpc) is 2.54. The van der Waals surface area contributed by atoms with Crippen molar-refractivity contribution >= 4 is 21.9 Å². The first kappa shape index (κ1) is 18.6. The number of aliphatic imine (C=N–C) groups is 1. The number of nitrogens with one attached hydrogen (secondary N) is 1. The molecule has 0 aromatic heterocycles. The molecule has 0 bridgehead atoms. The van der Waals surface area contributed by atoms with Gasteiger partial charge in [0.15, 0.2) is 17.5 Å². The van der Waals surface area contributed by atoms with Crippen LogP contribution in [0.4, 0.5) is 0 Å². The van der Waals surface area contributed by atoms with Crippen molar-refractivity contribution in [1.82, 2.24) is 10.2 Å². The summed E-state index contributed by atoms with van der Waals surface area (Å²) in [5.74, 6) is 2.31. The fraction of sp³-hybridized carbons (Fsp3) is 0.562. The van der Waals surface area contributed by atoms with E-state index in [0.717, 1.165) is 34.7 Å². The molecule has 0 amide bonds. The molecule has 22 heavy (non-hydrogen) atoms. The summed E-state index contributed by atoms with van der Waals surface area (Å²) in [6.07, 6.45) is 2.32. The summed E-state index contributed by atoms with van der Waals surface area (Å²) < 4.78 is 11.6. The third-order valence-electron chi connectivity index (χ3n) is 3.41. The van der Waals surface area contributed by atoms with Crippen molar-refractivity contribution in [2.75, 3.05) is 34.9 Å². The predicted octanol–water partition coefficient (Wildman–Crippen LogP) is 3.27. The zero-order chi connectivity index (χ0) is 16.5. The maximum Gasteiger partial charge on any atom is 0.193 e. The molecule has 124 valence electrons. The maximum absolute atomic E-state index is 5.35. The number of hydrogen-bond acceptors (Lipinski definition) is 3. The predicted molar refractivity (Wildman–Crippen MR) is 95.0 cm³/mol. The number of unbranched alkanes of at least 4 members (excludes halogenated alkanes) is 1. The lowest BCUT2D eigenvalue weighted by atomic mass is 10.2. The molecule has 0 atom stereocenters. The fourth-order valence-electron chi connectivity index (χ4n) is 2.09. The van der Waals surface area contributed by atoms with Gasteiger partial charge in [0.05, 0.1) is 14.2 Å². The average molecular weight is 372 g/mol. The van der Waals surface area contributed by atoms with Gasteiger partial charge < -0.3 is 19.7 Å². The van der Waals surface area contributed by atoms with E-state index in [0.29, 0.717) is 12.3 Å². The van der Waals surface area contributed by atoms with Gasteiger partial charge in [-0.3, -0.25) is 4.99 Å². The van der Waals surface area contributed by atoms with Gasteiger partial charge in [-0.25, -0.2) is 0 Å². The molecular formula is C16H26BrN3O2. The smallest absolute Gasteiger partial charge is 0.193 e. The van der Waals surface area contributed by atoms with E-state index in [1.165, 1.54) is 6.42 Å². The van der Waals surface area contributed by atoms with Crippen molar-refractivity contribution in [1.29, 1.82) is 0 Å². The molecule has 1 aromatic carbocycles. The molecule has 1 N–H and O–H groups in total. The van der Waals surface area contributed by atoms with Crippen LogP contribution >= 0.6 is 15.9 Å². The van der Waals surface area contributed by atoms with Crippen LogP contribution in [-0.4, -0.2) is 45.7 Å². The molecule has 0 aliphatic heterocycles. The molecule has 0 saturated heterocycles. The van der Waals surface area contributed by atoms with E-state index in [4.69, 9.17) is 9.47 Å².